The highest BCUT2D eigenvalue weighted by atomic mass is 16.2. The SMILES string of the molecule is CO.CO.Cc1cc(C)cc(C)c1. The Morgan fingerprint density at radius 1 is 0.615 bits per heavy atom. The third kappa shape index (κ3) is 7.50. The molecule has 0 unspecified atom stereocenters. The molecule has 0 aromatic heterocycles. The smallest absolute Gasteiger partial charge is 0.0319 e. The average molecular weight is 184 g/mol. The molecule has 1 rings (SSSR count). The van der Waals surface area contributed by atoms with Crippen molar-refractivity contribution in [3.8, 4) is 0 Å². The standard InChI is InChI=1S/C9H12.2CH4O/c1-7-4-8(2)6-9(3)5-7;2*1-2/h4-6H,1-3H3;2*2H,1H3. The van der Waals surface area contributed by atoms with Gasteiger partial charge in [-0.15, -0.1) is 0 Å². The highest BCUT2D eigenvalue weighted by Gasteiger charge is 1.87. The van der Waals surface area contributed by atoms with Gasteiger partial charge >= 0.3 is 0 Å². The molecule has 1 aromatic carbocycles. The van der Waals surface area contributed by atoms with Crippen LogP contribution in [0.25, 0.3) is 0 Å². The van der Waals surface area contributed by atoms with E-state index in [9.17, 15) is 0 Å². The Morgan fingerprint density at radius 3 is 0.923 bits per heavy atom. The molecular weight excluding hydrogens is 164 g/mol. The molecule has 2 N–H and O–H groups in total. The van der Waals surface area contributed by atoms with Crippen LogP contribution in [-0.4, -0.2) is 24.4 Å². The van der Waals surface area contributed by atoms with E-state index in [1.54, 1.807) is 0 Å². The minimum atomic E-state index is 1.00. The van der Waals surface area contributed by atoms with Crippen LogP contribution in [0.2, 0.25) is 0 Å². The van der Waals surface area contributed by atoms with E-state index in [1.807, 2.05) is 0 Å². The molecule has 0 aliphatic heterocycles. The van der Waals surface area contributed by atoms with Crippen molar-refractivity contribution in [2.24, 2.45) is 0 Å². The largest absolute Gasteiger partial charge is 0.400 e. The minimum absolute atomic E-state index is 1.00. The molecule has 0 heterocycles. The summed E-state index contributed by atoms with van der Waals surface area (Å²) in [5.41, 5.74) is 4.06. The van der Waals surface area contributed by atoms with E-state index >= 15 is 0 Å². The van der Waals surface area contributed by atoms with Crippen LogP contribution >= 0.6 is 0 Å². The molecule has 0 saturated heterocycles. The van der Waals surface area contributed by atoms with Crippen LogP contribution in [0.3, 0.4) is 0 Å². The molecule has 0 amide bonds. The monoisotopic (exact) mass is 184 g/mol. The van der Waals surface area contributed by atoms with E-state index in [-0.39, 0.29) is 0 Å². The Hall–Kier alpha value is -0.860. The summed E-state index contributed by atoms with van der Waals surface area (Å²) >= 11 is 0. The molecule has 2 nitrogen and oxygen atoms in total. The van der Waals surface area contributed by atoms with Gasteiger partial charge < -0.3 is 10.2 Å². The first-order valence-corrected chi connectivity index (χ1v) is 4.13. The average Bonchev–Trinajstić information content (AvgIpc) is 2.09. The number of aliphatic hydroxyl groups excluding tert-OH is 2. The number of aliphatic hydroxyl groups is 2. The molecule has 0 fully saturated rings. The molecule has 0 aliphatic rings. The molecule has 0 radical (unpaired) electrons. The Kier molecular flexibility index (Phi) is 10.4. The van der Waals surface area contributed by atoms with Gasteiger partial charge in [-0.1, -0.05) is 34.9 Å². The lowest BCUT2D eigenvalue weighted by Crippen LogP contribution is -1.78. The Morgan fingerprint density at radius 2 is 0.769 bits per heavy atom. The van der Waals surface area contributed by atoms with Crippen molar-refractivity contribution in [2.45, 2.75) is 20.8 Å². The summed E-state index contributed by atoms with van der Waals surface area (Å²) < 4.78 is 0. The van der Waals surface area contributed by atoms with Gasteiger partial charge in [-0.05, 0) is 20.8 Å². The van der Waals surface area contributed by atoms with Gasteiger partial charge in [-0.25, -0.2) is 0 Å². The van der Waals surface area contributed by atoms with E-state index in [2.05, 4.69) is 39.0 Å². The van der Waals surface area contributed by atoms with Crippen molar-refractivity contribution < 1.29 is 10.2 Å². The van der Waals surface area contributed by atoms with Crippen LogP contribution in [0, 0.1) is 20.8 Å². The number of aryl methyl sites for hydroxylation is 3. The molecule has 0 bridgehead atoms. The number of hydrogen-bond donors (Lipinski definition) is 2. The maximum absolute atomic E-state index is 7.00. The van der Waals surface area contributed by atoms with Crippen molar-refractivity contribution in [3.05, 3.63) is 34.9 Å². The van der Waals surface area contributed by atoms with Crippen molar-refractivity contribution in [2.75, 3.05) is 14.2 Å². The third-order valence-corrected chi connectivity index (χ3v) is 1.37. The lowest BCUT2D eigenvalue weighted by Gasteiger charge is -1.96. The second-order valence-corrected chi connectivity index (χ2v) is 2.67. The van der Waals surface area contributed by atoms with Gasteiger partial charge in [0.25, 0.3) is 0 Å². The quantitative estimate of drug-likeness (QED) is 0.645. The number of hydrogen-bond acceptors (Lipinski definition) is 2. The van der Waals surface area contributed by atoms with Crippen molar-refractivity contribution >= 4 is 0 Å². The van der Waals surface area contributed by atoms with Crippen LogP contribution in [0.1, 0.15) is 16.7 Å². The van der Waals surface area contributed by atoms with Crippen LogP contribution in [-0.2, 0) is 0 Å². The molecule has 76 valence electrons. The predicted octanol–water partition coefficient (Wildman–Crippen LogP) is 1.83. The first-order chi connectivity index (χ1) is 6.18. The van der Waals surface area contributed by atoms with Crippen molar-refractivity contribution in [1.82, 2.24) is 0 Å². The molecule has 0 saturated carbocycles. The first kappa shape index (κ1) is 14.7. The first-order valence-electron chi connectivity index (χ1n) is 4.13. The van der Waals surface area contributed by atoms with E-state index < -0.39 is 0 Å². The molecule has 13 heavy (non-hydrogen) atoms. The normalized spacial score (nSPS) is 7.62. The third-order valence-electron chi connectivity index (χ3n) is 1.37. The summed E-state index contributed by atoms with van der Waals surface area (Å²) in [6, 6.07) is 6.56. The lowest BCUT2D eigenvalue weighted by atomic mass is 10.1. The van der Waals surface area contributed by atoms with Gasteiger partial charge in [0.2, 0.25) is 0 Å². The lowest BCUT2D eigenvalue weighted by molar-refractivity contribution is 0.399. The van der Waals surface area contributed by atoms with Gasteiger partial charge in [-0.3, -0.25) is 0 Å². The fourth-order valence-electron chi connectivity index (χ4n) is 1.20. The molecule has 1 aromatic rings. The molecule has 0 aliphatic carbocycles. The van der Waals surface area contributed by atoms with Crippen LogP contribution in [0.4, 0.5) is 0 Å². The highest BCUT2D eigenvalue weighted by molar-refractivity contribution is 5.27. The molecule has 0 atom stereocenters. The van der Waals surface area contributed by atoms with Gasteiger partial charge in [-0.2, -0.15) is 0 Å². The van der Waals surface area contributed by atoms with Crippen molar-refractivity contribution in [1.29, 1.82) is 0 Å². The minimum Gasteiger partial charge on any atom is -0.400 e. The second kappa shape index (κ2) is 9.23. The van der Waals surface area contributed by atoms with Gasteiger partial charge in [0.1, 0.15) is 0 Å². The van der Waals surface area contributed by atoms with Crippen LogP contribution < -0.4 is 0 Å². The van der Waals surface area contributed by atoms with Crippen LogP contribution in [0.15, 0.2) is 18.2 Å². The van der Waals surface area contributed by atoms with Crippen LogP contribution in [0.5, 0.6) is 0 Å². The summed E-state index contributed by atoms with van der Waals surface area (Å²) in [7, 11) is 2.00. The Balaban J connectivity index is 0. The zero-order chi connectivity index (χ0) is 10.9. The summed E-state index contributed by atoms with van der Waals surface area (Å²) in [4.78, 5) is 0. The van der Waals surface area contributed by atoms with E-state index in [1.165, 1.54) is 16.7 Å². The fraction of sp³-hybridized carbons (Fsp3) is 0.455. The van der Waals surface area contributed by atoms with E-state index in [0.29, 0.717) is 0 Å². The molecule has 0 spiro atoms. The van der Waals surface area contributed by atoms with Gasteiger partial charge in [0, 0.05) is 14.2 Å². The van der Waals surface area contributed by atoms with Crippen molar-refractivity contribution in [3.63, 3.8) is 0 Å². The van der Waals surface area contributed by atoms with E-state index in [4.69, 9.17) is 10.2 Å². The summed E-state index contributed by atoms with van der Waals surface area (Å²) in [6.45, 7) is 6.38. The maximum Gasteiger partial charge on any atom is 0.0319 e. The molecule has 2 heteroatoms. The second-order valence-electron chi connectivity index (χ2n) is 2.67. The topological polar surface area (TPSA) is 40.5 Å². The summed E-state index contributed by atoms with van der Waals surface area (Å²) in [5, 5.41) is 14.0. The zero-order valence-electron chi connectivity index (χ0n) is 9.13. The fourth-order valence-corrected chi connectivity index (χ4v) is 1.20. The number of benzene rings is 1. The Bertz CT molecular complexity index is 169. The van der Waals surface area contributed by atoms with Gasteiger partial charge in [0.05, 0.1) is 0 Å². The van der Waals surface area contributed by atoms with E-state index in [0.717, 1.165) is 14.2 Å². The predicted molar refractivity (Wildman–Crippen MR) is 56.9 cm³/mol. The van der Waals surface area contributed by atoms with Gasteiger partial charge in [0.15, 0.2) is 0 Å². The highest BCUT2D eigenvalue weighted by Crippen LogP contribution is 2.06. The Labute approximate surface area is 80.9 Å². The molecular formula is C11H20O2. The summed E-state index contributed by atoms with van der Waals surface area (Å²) in [6.07, 6.45) is 0. The summed E-state index contributed by atoms with van der Waals surface area (Å²) in [5.74, 6) is 0. The number of rotatable bonds is 0. The zero-order valence-corrected chi connectivity index (χ0v) is 9.13. The maximum atomic E-state index is 7.00.